The van der Waals surface area contributed by atoms with Crippen molar-refractivity contribution in [3.8, 4) is 11.5 Å². The first-order valence-corrected chi connectivity index (χ1v) is 6.91. The molecule has 0 aliphatic carbocycles. The molecule has 0 aromatic heterocycles. The van der Waals surface area contributed by atoms with E-state index in [0.717, 1.165) is 34.5 Å². The van der Waals surface area contributed by atoms with Crippen LogP contribution in [0.4, 0.5) is 0 Å². The predicted molar refractivity (Wildman–Crippen MR) is 77.3 cm³/mol. The Balaban J connectivity index is 2.31. The van der Waals surface area contributed by atoms with E-state index in [4.69, 9.17) is 9.47 Å². The van der Waals surface area contributed by atoms with E-state index >= 15 is 0 Å². The Morgan fingerprint density at radius 1 is 1.39 bits per heavy atom. The minimum atomic E-state index is 0.708. The maximum absolute atomic E-state index is 5.71. The Hall–Kier alpha value is -1.00. The average Bonchev–Trinajstić information content (AvgIpc) is 2.54. The van der Waals surface area contributed by atoms with Crippen molar-refractivity contribution in [3.05, 3.63) is 27.7 Å². The van der Waals surface area contributed by atoms with Crippen molar-refractivity contribution in [3.63, 3.8) is 0 Å². The Morgan fingerprint density at radius 3 is 2.94 bits per heavy atom. The van der Waals surface area contributed by atoms with Crippen LogP contribution >= 0.6 is 15.9 Å². The lowest BCUT2D eigenvalue weighted by atomic mass is 10.1. The van der Waals surface area contributed by atoms with E-state index in [-0.39, 0.29) is 0 Å². The van der Waals surface area contributed by atoms with Gasteiger partial charge in [0.15, 0.2) is 11.5 Å². The molecule has 4 heteroatoms. The summed E-state index contributed by atoms with van der Waals surface area (Å²) in [6.07, 6.45) is 3.07. The number of fused-ring (bicyclic) bond motifs is 1. The zero-order valence-corrected chi connectivity index (χ0v) is 12.3. The third-order valence-electron chi connectivity index (χ3n) is 2.69. The highest BCUT2D eigenvalue weighted by Gasteiger charge is 2.14. The second kappa shape index (κ2) is 6.25. The highest BCUT2D eigenvalue weighted by Crippen LogP contribution is 2.38. The van der Waals surface area contributed by atoms with Gasteiger partial charge in [-0.2, -0.15) is 0 Å². The lowest BCUT2D eigenvalue weighted by Crippen LogP contribution is -2.08. The molecule has 0 atom stereocenters. The van der Waals surface area contributed by atoms with Gasteiger partial charge in [0, 0.05) is 13.0 Å². The zero-order chi connectivity index (χ0) is 13.0. The van der Waals surface area contributed by atoms with Crippen molar-refractivity contribution in [2.45, 2.75) is 13.3 Å². The molecule has 1 aliphatic heterocycles. The summed E-state index contributed by atoms with van der Waals surface area (Å²) in [6.45, 7) is 4.40. The molecule has 0 amide bonds. The molecule has 18 heavy (non-hydrogen) atoms. The van der Waals surface area contributed by atoms with Gasteiger partial charge in [-0.1, -0.05) is 11.6 Å². The standard InChI is InChI=1S/C14H18BrNO2/c1-10(9-16-2)6-11-7-12(15)14-13(8-11)17-4-3-5-18-14/h6-8,16H,3-5,9H2,1-2H3. The van der Waals surface area contributed by atoms with Gasteiger partial charge in [0.05, 0.1) is 17.7 Å². The third-order valence-corrected chi connectivity index (χ3v) is 3.28. The number of hydrogen-bond acceptors (Lipinski definition) is 3. The van der Waals surface area contributed by atoms with Crippen LogP contribution in [0, 0.1) is 0 Å². The first-order chi connectivity index (χ1) is 8.70. The summed E-state index contributed by atoms with van der Waals surface area (Å²) in [5.41, 5.74) is 2.40. The van der Waals surface area contributed by atoms with E-state index in [1.807, 2.05) is 13.1 Å². The largest absolute Gasteiger partial charge is 0.489 e. The molecule has 3 nitrogen and oxygen atoms in total. The lowest BCUT2D eigenvalue weighted by molar-refractivity contribution is 0.296. The highest BCUT2D eigenvalue weighted by atomic mass is 79.9. The van der Waals surface area contributed by atoms with Crippen molar-refractivity contribution >= 4 is 22.0 Å². The smallest absolute Gasteiger partial charge is 0.175 e. The molecular weight excluding hydrogens is 294 g/mol. The van der Waals surface area contributed by atoms with Gasteiger partial charge >= 0.3 is 0 Å². The van der Waals surface area contributed by atoms with Crippen LogP contribution in [-0.4, -0.2) is 26.8 Å². The number of nitrogens with one attached hydrogen (secondary N) is 1. The predicted octanol–water partition coefficient (Wildman–Crippen LogP) is 3.23. The van der Waals surface area contributed by atoms with Crippen molar-refractivity contribution in [1.82, 2.24) is 5.32 Å². The zero-order valence-electron chi connectivity index (χ0n) is 10.8. The summed E-state index contributed by atoms with van der Waals surface area (Å²) in [5.74, 6) is 1.64. The number of benzene rings is 1. The number of ether oxygens (including phenoxy) is 2. The van der Waals surface area contributed by atoms with Gasteiger partial charge in [0.2, 0.25) is 0 Å². The van der Waals surface area contributed by atoms with E-state index in [9.17, 15) is 0 Å². The quantitative estimate of drug-likeness (QED) is 0.929. The molecule has 0 bridgehead atoms. The number of halogens is 1. The maximum Gasteiger partial charge on any atom is 0.175 e. The molecule has 0 unspecified atom stereocenters. The fourth-order valence-corrected chi connectivity index (χ4v) is 2.52. The van der Waals surface area contributed by atoms with E-state index in [2.05, 4.69) is 40.3 Å². The Kier molecular flexibility index (Phi) is 4.66. The van der Waals surface area contributed by atoms with Crippen LogP contribution in [0.15, 0.2) is 22.2 Å². The molecule has 0 spiro atoms. The second-order valence-electron chi connectivity index (χ2n) is 4.40. The van der Waals surface area contributed by atoms with Crippen LogP contribution in [0.5, 0.6) is 11.5 Å². The molecule has 2 rings (SSSR count). The van der Waals surface area contributed by atoms with Crippen molar-refractivity contribution in [2.24, 2.45) is 0 Å². The Bertz CT molecular complexity index is 457. The van der Waals surface area contributed by atoms with Crippen LogP contribution in [-0.2, 0) is 0 Å². The molecule has 1 heterocycles. The fourth-order valence-electron chi connectivity index (χ4n) is 1.95. The third kappa shape index (κ3) is 3.27. The molecule has 98 valence electrons. The molecule has 1 aromatic rings. The summed E-state index contributed by atoms with van der Waals surface area (Å²) >= 11 is 3.55. The first kappa shape index (κ1) is 13.4. The number of likely N-dealkylation sites (N-methyl/N-ethyl adjacent to an activating group) is 1. The molecule has 1 aromatic carbocycles. The molecule has 1 aliphatic rings. The summed E-state index contributed by atoms with van der Waals surface area (Å²) in [5, 5.41) is 3.14. The summed E-state index contributed by atoms with van der Waals surface area (Å²) in [6, 6.07) is 4.09. The second-order valence-corrected chi connectivity index (χ2v) is 5.26. The average molecular weight is 312 g/mol. The van der Waals surface area contributed by atoms with Gasteiger partial charge in [0.25, 0.3) is 0 Å². The lowest BCUT2D eigenvalue weighted by Gasteiger charge is -2.10. The van der Waals surface area contributed by atoms with E-state index in [1.165, 1.54) is 5.57 Å². The molecule has 1 N–H and O–H groups in total. The van der Waals surface area contributed by atoms with Crippen molar-refractivity contribution in [2.75, 3.05) is 26.8 Å². The SMILES string of the molecule is CNCC(C)=Cc1cc(Br)c2c(c1)OCCCO2. The van der Waals surface area contributed by atoms with Crippen molar-refractivity contribution < 1.29 is 9.47 Å². The van der Waals surface area contributed by atoms with Crippen molar-refractivity contribution in [1.29, 1.82) is 0 Å². The minimum Gasteiger partial charge on any atom is -0.489 e. The number of hydrogen-bond donors (Lipinski definition) is 1. The van der Waals surface area contributed by atoms with Gasteiger partial charge in [-0.3, -0.25) is 0 Å². The molecule has 0 saturated carbocycles. The topological polar surface area (TPSA) is 30.5 Å². The van der Waals surface area contributed by atoms with Crippen LogP contribution in [0.25, 0.3) is 6.08 Å². The van der Waals surface area contributed by atoms with Gasteiger partial charge in [-0.15, -0.1) is 0 Å². The van der Waals surface area contributed by atoms with Crippen LogP contribution in [0.2, 0.25) is 0 Å². The monoisotopic (exact) mass is 311 g/mol. The Labute approximate surface area is 116 Å². The van der Waals surface area contributed by atoms with E-state index < -0.39 is 0 Å². The first-order valence-electron chi connectivity index (χ1n) is 6.11. The van der Waals surface area contributed by atoms with Gasteiger partial charge in [0.1, 0.15) is 0 Å². The molecular formula is C14H18BrNO2. The fraction of sp³-hybridized carbons (Fsp3) is 0.429. The van der Waals surface area contributed by atoms with Crippen LogP contribution < -0.4 is 14.8 Å². The van der Waals surface area contributed by atoms with E-state index in [0.29, 0.717) is 13.2 Å². The van der Waals surface area contributed by atoms with Gasteiger partial charge in [-0.05, 0) is 47.6 Å². The molecule has 0 fully saturated rings. The maximum atomic E-state index is 5.71. The Morgan fingerprint density at radius 2 is 2.17 bits per heavy atom. The van der Waals surface area contributed by atoms with Crippen LogP contribution in [0.1, 0.15) is 18.9 Å². The summed E-state index contributed by atoms with van der Waals surface area (Å²) < 4.78 is 12.3. The summed E-state index contributed by atoms with van der Waals surface area (Å²) in [7, 11) is 1.95. The van der Waals surface area contributed by atoms with Crippen LogP contribution in [0.3, 0.4) is 0 Å². The van der Waals surface area contributed by atoms with Gasteiger partial charge < -0.3 is 14.8 Å². The molecule has 0 saturated heterocycles. The minimum absolute atomic E-state index is 0.708. The normalized spacial score (nSPS) is 15.4. The van der Waals surface area contributed by atoms with Gasteiger partial charge in [-0.25, -0.2) is 0 Å². The molecule has 0 radical (unpaired) electrons. The summed E-state index contributed by atoms with van der Waals surface area (Å²) in [4.78, 5) is 0. The highest BCUT2D eigenvalue weighted by molar-refractivity contribution is 9.10. The van der Waals surface area contributed by atoms with E-state index in [1.54, 1.807) is 0 Å². The number of rotatable bonds is 3.